The Labute approximate surface area is 170 Å². The highest BCUT2D eigenvalue weighted by Gasteiger charge is 2.63. The van der Waals surface area contributed by atoms with Crippen LogP contribution in [-0.4, -0.2) is 29.2 Å². The van der Waals surface area contributed by atoms with E-state index in [1.165, 1.54) is 24.0 Å². The summed E-state index contributed by atoms with van der Waals surface area (Å²) in [6.45, 7) is 11.7. The lowest BCUT2D eigenvalue weighted by molar-refractivity contribution is -0.139. The van der Waals surface area contributed by atoms with Crippen molar-refractivity contribution in [3.05, 3.63) is 23.3 Å². The second kappa shape index (κ2) is 6.28. The van der Waals surface area contributed by atoms with Crippen molar-refractivity contribution in [2.75, 3.05) is 6.61 Å². The van der Waals surface area contributed by atoms with E-state index in [0.717, 1.165) is 25.5 Å². The van der Waals surface area contributed by atoms with Crippen molar-refractivity contribution in [3.63, 3.8) is 0 Å². The Morgan fingerprint density at radius 1 is 1.14 bits per heavy atom. The normalized spacial score (nSPS) is 51.3. The number of hydrogen-bond donors (Lipinski definition) is 2. The highest BCUT2D eigenvalue weighted by atomic mass is 16.3. The van der Waals surface area contributed by atoms with E-state index in [1.807, 2.05) is 6.92 Å². The van der Waals surface area contributed by atoms with Gasteiger partial charge in [0.05, 0.1) is 11.5 Å². The molecular weight excluding hydrogens is 348 g/mol. The second-order valence-corrected chi connectivity index (χ2v) is 11.2. The summed E-state index contributed by atoms with van der Waals surface area (Å²) in [5.41, 5.74) is 2.58. The fraction of sp³-hybridized carbons (Fsp3) is 0.800. The molecule has 0 saturated heterocycles. The maximum absolute atomic E-state index is 12.1. The Morgan fingerprint density at radius 2 is 1.86 bits per heavy atom. The number of aliphatic hydroxyl groups excluding tert-OH is 2. The average molecular weight is 387 g/mol. The van der Waals surface area contributed by atoms with Crippen molar-refractivity contribution < 1.29 is 15.0 Å². The molecule has 3 heteroatoms. The first-order valence-electron chi connectivity index (χ1n) is 11.3. The van der Waals surface area contributed by atoms with Gasteiger partial charge in [0, 0.05) is 6.61 Å². The Balaban J connectivity index is 1.80. The van der Waals surface area contributed by atoms with Crippen LogP contribution in [0.1, 0.15) is 73.1 Å². The summed E-state index contributed by atoms with van der Waals surface area (Å²) in [4.78, 5) is 12.1. The first-order valence-corrected chi connectivity index (χ1v) is 11.3. The maximum atomic E-state index is 12.1. The third kappa shape index (κ3) is 2.27. The fourth-order valence-electron chi connectivity index (χ4n) is 7.99. The van der Waals surface area contributed by atoms with Crippen LogP contribution in [-0.2, 0) is 4.79 Å². The van der Waals surface area contributed by atoms with E-state index in [-0.39, 0.29) is 28.8 Å². The monoisotopic (exact) mass is 386 g/mol. The van der Waals surface area contributed by atoms with Gasteiger partial charge in [-0.05, 0) is 83.7 Å². The average Bonchev–Trinajstić information content (AvgIpc) is 2.96. The summed E-state index contributed by atoms with van der Waals surface area (Å²) in [6, 6.07) is 0. The van der Waals surface area contributed by atoms with E-state index in [2.05, 4.69) is 39.8 Å². The third-order valence-electron chi connectivity index (χ3n) is 10.2. The van der Waals surface area contributed by atoms with Crippen LogP contribution in [0.5, 0.6) is 0 Å². The number of aldehydes is 1. The molecule has 2 saturated carbocycles. The van der Waals surface area contributed by atoms with Gasteiger partial charge in [0.1, 0.15) is 6.29 Å². The lowest BCUT2D eigenvalue weighted by Crippen LogP contribution is -2.56. The molecule has 0 aromatic rings. The van der Waals surface area contributed by atoms with Gasteiger partial charge in [0.15, 0.2) is 0 Å². The molecule has 0 radical (unpaired) electrons. The highest BCUT2D eigenvalue weighted by Crippen LogP contribution is 2.71. The summed E-state index contributed by atoms with van der Waals surface area (Å²) >= 11 is 0. The minimum Gasteiger partial charge on any atom is -0.396 e. The van der Waals surface area contributed by atoms with Gasteiger partial charge in [0.25, 0.3) is 0 Å². The van der Waals surface area contributed by atoms with Crippen LogP contribution in [0.2, 0.25) is 0 Å². The van der Waals surface area contributed by atoms with Crippen molar-refractivity contribution in [2.45, 2.75) is 79.2 Å². The third-order valence-corrected chi connectivity index (χ3v) is 10.2. The standard InChI is InChI=1S/C25H38O3/c1-16(14-26)17-8-12-25(5)19-6-7-20-22(2,18(19)9-13-24(17,25)4)11-10-21(28)23(20,3)15-27/h6,9,15-17,20-21,26,28H,7-8,10-14H2,1-5H3. The van der Waals surface area contributed by atoms with Crippen LogP contribution < -0.4 is 0 Å². The number of fused-ring (bicyclic) bond motifs is 5. The van der Waals surface area contributed by atoms with Crippen LogP contribution in [0.25, 0.3) is 0 Å². The van der Waals surface area contributed by atoms with E-state index in [4.69, 9.17) is 0 Å². The molecule has 0 spiro atoms. The first kappa shape index (κ1) is 20.3. The Bertz CT molecular complexity index is 738. The van der Waals surface area contributed by atoms with Crippen LogP contribution in [0.3, 0.4) is 0 Å². The molecule has 3 nitrogen and oxygen atoms in total. The predicted molar refractivity (Wildman–Crippen MR) is 112 cm³/mol. The molecule has 0 aromatic carbocycles. The lowest BCUT2D eigenvalue weighted by atomic mass is 9.44. The van der Waals surface area contributed by atoms with E-state index in [0.29, 0.717) is 18.3 Å². The van der Waals surface area contributed by atoms with E-state index >= 15 is 0 Å². The molecule has 8 atom stereocenters. The van der Waals surface area contributed by atoms with Crippen LogP contribution in [0.4, 0.5) is 0 Å². The molecule has 0 heterocycles. The van der Waals surface area contributed by atoms with Gasteiger partial charge in [-0.3, -0.25) is 0 Å². The summed E-state index contributed by atoms with van der Waals surface area (Å²) < 4.78 is 0. The molecule has 4 aliphatic rings. The van der Waals surface area contributed by atoms with Crippen molar-refractivity contribution in [3.8, 4) is 0 Å². The summed E-state index contributed by atoms with van der Waals surface area (Å²) in [5.74, 6) is 1.04. The van der Waals surface area contributed by atoms with Crippen molar-refractivity contribution in [2.24, 2.45) is 39.4 Å². The number of carbonyl (C=O) groups is 1. The van der Waals surface area contributed by atoms with Gasteiger partial charge in [-0.25, -0.2) is 0 Å². The quantitative estimate of drug-likeness (QED) is 0.693. The predicted octanol–water partition coefficient (Wildman–Crippen LogP) is 4.68. The number of rotatable bonds is 3. The van der Waals surface area contributed by atoms with Crippen LogP contribution >= 0.6 is 0 Å². The molecule has 28 heavy (non-hydrogen) atoms. The Morgan fingerprint density at radius 3 is 2.50 bits per heavy atom. The van der Waals surface area contributed by atoms with E-state index in [9.17, 15) is 15.0 Å². The molecule has 4 rings (SSSR count). The summed E-state index contributed by atoms with van der Waals surface area (Å²) in [6.07, 6.45) is 11.3. The fourth-order valence-corrected chi connectivity index (χ4v) is 7.99. The smallest absolute Gasteiger partial charge is 0.128 e. The molecule has 2 fully saturated rings. The maximum Gasteiger partial charge on any atom is 0.128 e. The lowest BCUT2D eigenvalue weighted by Gasteiger charge is -2.60. The van der Waals surface area contributed by atoms with Gasteiger partial charge in [-0.15, -0.1) is 0 Å². The molecule has 0 amide bonds. The molecule has 156 valence electrons. The topological polar surface area (TPSA) is 57.5 Å². The van der Waals surface area contributed by atoms with E-state index < -0.39 is 11.5 Å². The van der Waals surface area contributed by atoms with Gasteiger partial charge < -0.3 is 15.0 Å². The van der Waals surface area contributed by atoms with Gasteiger partial charge >= 0.3 is 0 Å². The first-order chi connectivity index (χ1) is 13.1. The Hall–Kier alpha value is -0.930. The molecule has 4 aliphatic carbocycles. The van der Waals surface area contributed by atoms with Gasteiger partial charge in [-0.1, -0.05) is 46.8 Å². The number of aliphatic hydroxyl groups is 2. The number of carbonyl (C=O) groups excluding carboxylic acids is 1. The minimum atomic E-state index is -0.666. The second-order valence-electron chi connectivity index (χ2n) is 11.2. The molecular formula is C25H38O3. The molecule has 0 aromatic heterocycles. The minimum absolute atomic E-state index is 0.0377. The summed E-state index contributed by atoms with van der Waals surface area (Å²) in [7, 11) is 0. The molecule has 2 N–H and O–H groups in total. The summed E-state index contributed by atoms with van der Waals surface area (Å²) in [5, 5.41) is 20.5. The van der Waals surface area contributed by atoms with Crippen LogP contribution in [0.15, 0.2) is 23.3 Å². The number of hydrogen-bond acceptors (Lipinski definition) is 3. The van der Waals surface area contributed by atoms with Gasteiger partial charge in [-0.2, -0.15) is 0 Å². The van der Waals surface area contributed by atoms with Crippen molar-refractivity contribution in [1.82, 2.24) is 0 Å². The highest BCUT2D eigenvalue weighted by molar-refractivity contribution is 5.63. The zero-order valence-electron chi connectivity index (χ0n) is 18.3. The SMILES string of the molecule is CC(CO)C1CCC2(C)C3=CCC4C(C)(CCC(O)C4(C)C=O)C3=CCC12C. The molecule has 0 aliphatic heterocycles. The Kier molecular flexibility index (Phi) is 4.57. The van der Waals surface area contributed by atoms with E-state index in [1.54, 1.807) is 0 Å². The van der Waals surface area contributed by atoms with Crippen molar-refractivity contribution >= 4 is 6.29 Å². The van der Waals surface area contributed by atoms with Crippen molar-refractivity contribution in [1.29, 1.82) is 0 Å². The molecule has 8 unspecified atom stereocenters. The number of allylic oxidation sites excluding steroid dienone is 4. The zero-order valence-corrected chi connectivity index (χ0v) is 18.3. The molecule has 0 bridgehead atoms. The van der Waals surface area contributed by atoms with Gasteiger partial charge in [0.2, 0.25) is 0 Å². The largest absolute Gasteiger partial charge is 0.396 e. The van der Waals surface area contributed by atoms with Crippen LogP contribution in [0, 0.1) is 39.4 Å². The zero-order chi connectivity index (χ0) is 20.5.